The van der Waals surface area contributed by atoms with E-state index >= 15 is 0 Å². The van der Waals surface area contributed by atoms with Gasteiger partial charge in [0.2, 0.25) is 0 Å². The number of hydrogen-bond acceptors (Lipinski definition) is 5. The minimum Gasteiger partial charge on any atom is -0.449 e. The molecule has 0 aromatic heterocycles. The molecule has 1 atom stereocenters. The van der Waals surface area contributed by atoms with Crippen LogP contribution in [0, 0.1) is 10.1 Å². The van der Waals surface area contributed by atoms with E-state index < -0.39 is 22.9 Å². The zero-order valence-electron chi connectivity index (χ0n) is 11.6. The highest BCUT2D eigenvalue weighted by atomic mass is 79.9. The number of nitrogens with one attached hydrogen (secondary N) is 1. The summed E-state index contributed by atoms with van der Waals surface area (Å²) in [6.45, 7) is 3.83. The number of hydrogen-bond donors (Lipinski definition) is 1. The normalized spacial score (nSPS) is 11.6. The Kier molecular flexibility index (Phi) is 6.29. The molecule has 21 heavy (non-hydrogen) atoms. The standard InChI is InChI=1S/C13H15BrN2O5/c1-3-6-15-12(17)8(2)21-13(18)9-4-5-10(14)11(7-9)16(19)20/h4-5,7-8H,3,6H2,1-2H3,(H,15,17)/t8-/m1/s1. The number of ether oxygens (including phenoxy) is 1. The van der Waals surface area contributed by atoms with Gasteiger partial charge in [-0.05, 0) is 41.4 Å². The van der Waals surface area contributed by atoms with Gasteiger partial charge in [0.1, 0.15) is 0 Å². The zero-order chi connectivity index (χ0) is 16.0. The van der Waals surface area contributed by atoms with E-state index in [2.05, 4.69) is 21.2 Å². The molecule has 0 aliphatic rings. The van der Waals surface area contributed by atoms with E-state index in [-0.39, 0.29) is 15.7 Å². The number of amides is 1. The van der Waals surface area contributed by atoms with Gasteiger partial charge >= 0.3 is 5.97 Å². The van der Waals surface area contributed by atoms with Crippen molar-refractivity contribution in [3.05, 3.63) is 38.3 Å². The lowest BCUT2D eigenvalue weighted by Crippen LogP contribution is -2.36. The van der Waals surface area contributed by atoms with E-state index in [1.54, 1.807) is 0 Å². The maximum absolute atomic E-state index is 11.9. The molecule has 0 saturated heterocycles. The molecule has 1 aromatic carbocycles. The molecule has 0 unspecified atom stereocenters. The first-order chi connectivity index (χ1) is 9.86. The molecular formula is C13H15BrN2O5. The van der Waals surface area contributed by atoms with Crippen LogP contribution in [-0.4, -0.2) is 29.4 Å². The monoisotopic (exact) mass is 358 g/mol. The van der Waals surface area contributed by atoms with E-state index in [1.807, 2.05) is 6.92 Å². The first-order valence-electron chi connectivity index (χ1n) is 6.29. The highest BCUT2D eigenvalue weighted by Gasteiger charge is 2.21. The minimum absolute atomic E-state index is 0.0139. The lowest BCUT2D eigenvalue weighted by molar-refractivity contribution is -0.385. The summed E-state index contributed by atoms with van der Waals surface area (Å²) in [5.41, 5.74) is -0.229. The van der Waals surface area contributed by atoms with Crippen LogP contribution in [0.4, 0.5) is 5.69 Å². The van der Waals surface area contributed by atoms with Crippen molar-refractivity contribution in [3.63, 3.8) is 0 Å². The molecule has 0 radical (unpaired) electrons. The molecule has 0 aliphatic carbocycles. The number of esters is 1. The van der Waals surface area contributed by atoms with E-state index in [0.717, 1.165) is 12.5 Å². The topological polar surface area (TPSA) is 98.5 Å². The number of halogens is 1. The van der Waals surface area contributed by atoms with E-state index in [9.17, 15) is 19.7 Å². The molecule has 1 aromatic rings. The number of nitrogens with zero attached hydrogens (tertiary/aromatic N) is 1. The van der Waals surface area contributed by atoms with Gasteiger partial charge in [-0.3, -0.25) is 14.9 Å². The number of carbonyl (C=O) groups excluding carboxylic acids is 2. The van der Waals surface area contributed by atoms with Crippen LogP contribution in [0.5, 0.6) is 0 Å². The summed E-state index contributed by atoms with van der Waals surface area (Å²) >= 11 is 3.02. The fraction of sp³-hybridized carbons (Fsp3) is 0.385. The van der Waals surface area contributed by atoms with Crippen LogP contribution in [0.1, 0.15) is 30.6 Å². The van der Waals surface area contributed by atoms with Gasteiger partial charge < -0.3 is 10.1 Å². The van der Waals surface area contributed by atoms with Crippen molar-refractivity contribution in [2.24, 2.45) is 0 Å². The molecule has 0 heterocycles. The van der Waals surface area contributed by atoms with Crippen molar-refractivity contribution in [3.8, 4) is 0 Å². The minimum atomic E-state index is -0.966. The Balaban J connectivity index is 2.78. The zero-order valence-corrected chi connectivity index (χ0v) is 13.2. The summed E-state index contributed by atoms with van der Waals surface area (Å²) in [7, 11) is 0. The largest absolute Gasteiger partial charge is 0.449 e. The van der Waals surface area contributed by atoms with Gasteiger partial charge in [-0.1, -0.05) is 6.92 Å². The highest BCUT2D eigenvalue weighted by molar-refractivity contribution is 9.10. The van der Waals surface area contributed by atoms with Gasteiger partial charge in [0, 0.05) is 12.6 Å². The number of nitro benzene ring substituents is 1. The second-order valence-electron chi connectivity index (χ2n) is 4.26. The summed E-state index contributed by atoms with van der Waals surface area (Å²) < 4.78 is 5.24. The Hall–Kier alpha value is -1.96. The van der Waals surface area contributed by atoms with Gasteiger partial charge in [0.25, 0.3) is 11.6 Å². The SMILES string of the molecule is CCCNC(=O)[C@@H](C)OC(=O)c1ccc(Br)c([N+](=O)[O-])c1. The molecule has 7 nitrogen and oxygen atoms in total. The molecule has 114 valence electrons. The molecule has 0 spiro atoms. The van der Waals surface area contributed by atoms with Crippen LogP contribution in [-0.2, 0) is 9.53 Å². The van der Waals surface area contributed by atoms with E-state index in [4.69, 9.17) is 4.74 Å². The number of benzene rings is 1. The van der Waals surface area contributed by atoms with E-state index in [0.29, 0.717) is 6.54 Å². The van der Waals surface area contributed by atoms with E-state index in [1.165, 1.54) is 19.1 Å². The van der Waals surface area contributed by atoms with Gasteiger partial charge in [-0.2, -0.15) is 0 Å². The molecule has 0 saturated carbocycles. The summed E-state index contributed by atoms with van der Waals surface area (Å²) in [5.74, 6) is -1.19. The Labute approximate surface area is 129 Å². The molecular weight excluding hydrogens is 344 g/mol. The molecule has 1 amide bonds. The van der Waals surface area contributed by atoms with Crippen LogP contribution in [0.2, 0.25) is 0 Å². The fourth-order valence-electron chi connectivity index (χ4n) is 1.45. The maximum Gasteiger partial charge on any atom is 0.339 e. The number of carbonyl (C=O) groups is 2. The van der Waals surface area contributed by atoms with Crippen LogP contribution < -0.4 is 5.32 Å². The van der Waals surface area contributed by atoms with Crippen molar-refractivity contribution < 1.29 is 19.2 Å². The number of nitro groups is 1. The van der Waals surface area contributed by atoms with Crippen LogP contribution in [0.15, 0.2) is 22.7 Å². The smallest absolute Gasteiger partial charge is 0.339 e. The van der Waals surface area contributed by atoms with Crippen molar-refractivity contribution >= 4 is 33.5 Å². The second kappa shape index (κ2) is 7.72. The van der Waals surface area contributed by atoms with Gasteiger partial charge in [0.15, 0.2) is 6.10 Å². The highest BCUT2D eigenvalue weighted by Crippen LogP contribution is 2.26. The summed E-state index contributed by atoms with van der Waals surface area (Å²) in [5, 5.41) is 13.4. The van der Waals surface area contributed by atoms with Crippen molar-refractivity contribution in [1.29, 1.82) is 0 Å². The number of rotatable bonds is 6. The third-order valence-electron chi connectivity index (χ3n) is 2.58. The van der Waals surface area contributed by atoms with Gasteiger partial charge in [0.05, 0.1) is 15.0 Å². The first-order valence-corrected chi connectivity index (χ1v) is 7.08. The lowest BCUT2D eigenvalue weighted by Gasteiger charge is -2.13. The molecule has 1 N–H and O–H groups in total. The molecule has 0 bridgehead atoms. The Bertz CT molecular complexity index is 561. The predicted octanol–water partition coefficient (Wildman–Crippen LogP) is 2.43. The van der Waals surface area contributed by atoms with Crippen molar-refractivity contribution in [2.45, 2.75) is 26.4 Å². The maximum atomic E-state index is 11.9. The summed E-state index contributed by atoms with van der Waals surface area (Å²) in [4.78, 5) is 33.7. The molecule has 8 heteroatoms. The van der Waals surface area contributed by atoms with Crippen molar-refractivity contribution in [2.75, 3.05) is 6.54 Å². The molecule has 1 rings (SSSR count). The van der Waals surface area contributed by atoms with Crippen LogP contribution >= 0.6 is 15.9 Å². The third kappa shape index (κ3) is 4.82. The summed E-state index contributed by atoms with van der Waals surface area (Å²) in [6, 6.07) is 3.87. The first kappa shape index (κ1) is 17.1. The molecule has 0 fully saturated rings. The quantitative estimate of drug-likeness (QED) is 0.478. The van der Waals surface area contributed by atoms with Crippen LogP contribution in [0.3, 0.4) is 0 Å². The van der Waals surface area contributed by atoms with Gasteiger partial charge in [-0.15, -0.1) is 0 Å². The van der Waals surface area contributed by atoms with Crippen molar-refractivity contribution in [1.82, 2.24) is 5.32 Å². The average Bonchev–Trinajstić information content (AvgIpc) is 2.44. The third-order valence-corrected chi connectivity index (χ3v) is 3.25. The Morgan fingerprint density at radius 1 is 1.48 bits per heavy atom. The Morgan fingerprint density at radius 2 is 2.14 bits per heavy atom. The fourth-order valence-corrected chi connectivity index (χ4v) is 1.85. The van der Waals surface area contributed by atoms with Crippen LogP contribution in [0.25, 0.3) is 0 Å². The predicted molar refractivity (Wildman–Crippen MR) is 79.0 cm³/mol. The second-order valence-corrected chi connectivity index (χ2v) is 5.12. The van der Waals surface area contributed by atoms with Gasteiger partial charge in [-0.25, -0.2) is 4.79 Å². The molecule has 0 aliphatic heterocycles. The summed E-state index contributed by atoms with van der Waals surface area (Å²) in [6.07, 6.45) is -0.197. The Morgan fingerprint density at radius 3 is 2.71 bits per heavy atom. The average molecular weight is 359 g/mol. The lowest BCUT2D eigenvalue weighted by atomic mass is 10.2.